The molecule has 5 nitrogen and oxygen atoms in total. The second-order valence-electron chi connectivity index (χ2n) is 4.82. The molecule has 2 aromatic heterocycles. The van der Waals surface area contributed by atoms with Crippen molar-refractivity contribution >= 4 is 17.1 Å². The Morgan fingerprint density at radius 2 is 2.17 bits per heavy atom. The molecule has 2 heterocycles. The van der Waals surface area contributed by atoms with Crippen molar-refractivity contribution in [3.8, 4) is 11.9 Å². The highest BCUT2D eigenvalue weighted by Gasteiger charge is 2.17. The molecule has 0 aliphatic rings. The highest BCUT2D eigenvalue weighted by Crippen LogP contribution is 2.28. The minimum Gasteiger partial charge on any atom is -0.471 e. The molecule has 0 fully saturated rings. The van der Waals surface area contributed by atoms with E-state index in [2.05, 4.69) is 15.0 Å². The Morgan fingerprint density at radius 1 is 1.39 bits per heavy atom. The van der Waals surface area contributed by atoms with Gasteiger partial charge in [0, 0.05) is 17.8 Å². The van der Waals surface area contributed by atoms with Crippen molar-refractivity contribution in [1.82, 2.24) is 15.0 Å². The van der Waals surface area contributed by atoms with E-state index in [0.717, 1.165) is 10.9 Å². The van der Waals surface area contributed by atoms with Crippen LogP contribution in [0.3, 0.4) is 0 Å². The quantitative estimate of drug-likeness (QED) is 0.821. The van der Waals surface area contributed by atoms with Gasteiger partial charge >= 0.3 is 0 Å². The lowest BCUT2D eigenvalue weighted by molar-refractivity contribution is 0.126. The van der Waals surface area contributed by atoms with E-state index in [1.165, 1.54) is 12.4 Å². The molecule has 5 heteroatoms. The van der Waals surface area contributed by atoms with Gasteiger partial charge in [-0.1, -0.05) is 0 Å². The van der Waals surface area contributed by atoms with Crippen molar-refractivity contribution in [2.24, 2.45) is 0 Å². The molecule has 0 radical (unpaired) electrons. The van der Waals surface area contributed by atoms with E-state index < -0.39 is 0 Å². The summed E-state index contributed by atoms with van der Waals surface area (Å²) in [4.78, 5) is 11.3. The predicted molar refractivity (Wildman–Crippen MR) is 68.9 cm³/mol. The van der Waals surface area contributed by atoms with Gasteiger partial charge in [-0.25, -0.2) is 9.97 Å². The fourth-order valence-corrected chi connectivity index (χ4v) is 1.58. The van der Waals surface area contributed by atoms with Gasteiger partial charge in [-0.3, -0.25) is 0 Å². The molecule has 2 aromatic rings. The van der Waals surface area contributed by atoms with Crippen LogP contribution in [0.1, 0.15) is 26.3 Å². The average Bonchev–Trinajstić information content (AvgIpc) is 2.68. The highest BCUT2D eigenvalue weighted by molar-refractivity contribution is 5.90. The summed E-state index contributed by atoms with van der Waals surface area (Å²) in [5.74, 6) is 0.520. The summed E-state index contributed by atoms with van der Waals surface area (Å²) < 4.78 is 5.81. The van der Waals surface area contributed by atoms with Crippen LogP contribution >= 0.6 is 0 Å². The number of aromatic amines is 1. The van der Waals surface area contributed by atoms with Gasteiger partial charge in [-0.05, 0) is 26.8 Å². The second kappa shape index (κ2) is 4.49. The van der Waals surface area contributed by atoms with Gasteiger partial charge in [-0.15, -0.1) is 0 Å². The maximum absolute atomic E-state index is 8.58. The van der Waals surface area contributed by atoms with Crippen LogP contribution in [-0.2, 0) is 0 Å². The zero-order valence-corrected chi connectivity index (χ0v) is 10.6. The number of ether oxygens (including phenoxy) is 1. The molecule has 18 heavy (non-hydrogen) atoms. The molecule has 0 saturated heterocycles. The number of nitriles is 1. The first kappa shape index (κ1) is 12.1. The molecule has 0 saturated carbocycles. The van der Waals surface area contributed by atoms with E-state index in [0.29, 0.717) is 11.5 Å². The summed E-state index contributed by atoms with van der Waals surface area (Å²) in [7, 11) is 0. The third-order valence-corrected chi connectivity index (χ3v) is 2.21. The number of nitrogens with zero attached hydrogens (tertiary/aromatic N) is 3. The first-order chi connectivity index (χ1) is 8.51. The normalized spacial score (nSPS) is 11.9. The van der Waals surface area contributed by atoms with Crippen LogP contribution in [-0.4, -0.2) is 20.6 Å². The number of nitrogens with one attached hydrogen (secondary N) is 1. The summed E-state index contributed by atoms with van der Waals surface area (Å²) >= 11 is 0. The molecule has 0 atom stereocenters. The Labute approximate surface area is 105 Å². The molecule has 0 bridgehead atoms. The summed E-state index contributed by atoms with van der Waals surface area (Å²) in [6.07, 6.45) is 6.36. The third kappa shape index (κ3) is 2.48. The van der Waals surface area contributed by atoms with E-state index in [4.69, 9.17) is 10.00 Å². The summed E-state index contributed by atoms with van der Waals surface area (Å²) in [5, 5.41) is 9.37. The molecule has 0 unspecified atom stereocenters. The van der Waals surface area contributed by atoms with Gasteiger partial charge in [0.15, 0.2) is 0 Å². The number of aromatic nitrogens is 3. The lowest BCUT2D eigenvalue weighted by atomic mass is 10.2. The molecule has 2 rings (SSSR count). The van der Waals surface area contributed by atoms with Crippen LogP contribution in [0.2, 0.25) is 0 Å². The SMILES string of the molecule is CC(C)(C)Oc1ncnc2[nH]cc(/C=C\C#N)c12. The van der Waals surface area contributed by atoms with E-state index in [-0.39, 0.29) is 5.60 Å². The Morgan fingerprint density at radius 3 is 2.83 bits per heavy atom. The monoisotopic (exact) mass is 242 g/mol. The zero-order chi connectivity index (χ0) is 13.2. The standard InChI is InChI=1S/C13H14N4O/c1-13(2,3)18-12-10-9(5-4-6-14)7-15-11(10)16-8-17-12/h4-5,7-8H,1-3H3,(H,15,16,17)/b5-4-. The van der Waals surface area contributed by atoms with Crippen LogP contribution in [0.4, 0.5) is 0 Å². The average molecular weight is 242 g/mol. The Kier molecular flexibility index (Phi) is 3.02. The van der Waals surface area contributed by atoms with Crippen molar-refractivity contribution in [2.75, 3.05) is 0 Å². The molecule has 1 N–H and O–H groups in total. The largest absolute Gasteiger partial charge is 0.471 e. The number of allylic oxidation sites excluding steroid dienone is 1. The van der Waals surface area contributed by atoms with E-state index in [9.17, 15) is 0 Å². The van der Waals surface area contributed by atoms with E-state index >= 15 is 0 Å². The summed E-state index contributed by atoms with van der Waals surface area (Å²) in [6, 6.07) is 1.96. The van der Waals surface area contributed by atoms with Gasteiger partial charge in [-0.2, -0.15) is 5.26 Å². The van der Waals surface area contributed by atoms with Crippen molar-refractivity contribution in [2.45, 2.75) is 26.4 Å². The maximum atomic E-state index is 8.58. The number of H-pyrrole nitrogens is 1. The molecule has 92 valence electrons. The second-order valence-corrected chi connectivity index (χ2v) is 4.82. The van der Waals surface area contributed by atoms with Gasteiger partial charge in [0.05, 0.1) is 11.5 Å². The minimum absolute atomic E-state index is 0.339. The van der Waals surface area contributed by atoms with Crippen molar-refractivity contribution < 1.29 is 4.74 Å². The van der Waals surface area contributed by atoms with Crippen molar-refractivity contribution in [1.29, 1.82) is 5.26 Å². The van der Waals surface area contributed by atoms with Crippen LogP contribution < -0.4 is 4.74 Å². The highest BCUT2D eigenvalue weighted by atomic mass is 16.5. The lowest BCUT2D eigenvalue weighted by Crippen LogP contribution is -2.23. The number of hydrogen-bond acceptors (Lipinski definition) is 4. The summed E-state index contributed by atoms with van der Waals surface area (Å²) in [5.41, 5.74) is 1.20. The topological polar surface area (TPSA) is 74.6 Å². The van der Waals surface area contributed by atoms with Gasteiger partial charge in [0.25, 0.3) is 0 Å². The van der Waals surface area contributed by atoms with Crippen LogP contribution in [0.15, 0.2) is 18.6 Å². The Bertz CT molecular complexity index is 628. The molecule has 0 aromatic carbocycles. The minimum atomic E-state index is -0.339. The molecule has 0 aliphatic carbocycles. The van der Waals surface area contributed by atoms with Gasteiger partial charge in [0.1, 0.15) is 17.6 Å². The molecule has 0 aliphatic heterocycles. The molecule has 0 spiro atoms. The van der Waals surface area contributed by atoms with Crippen molar-refractivity contribution in [3.05, 3.63) is 24.2 Å². The van der Waals surface area contributed by atoms with E-state index in [1.807, 2.05) is 26.8 Å². The first-order valence-electron chi connectivity index (χ1n) is 5.58. The number of fused-ring (bicyclic) bond motifs is 1. The van der Waals surface area contributed by atoms with Crippen LogP contribution in [0.5, 0.6) is 5.88 Å². The van der Waals surface area contributed by atoms with Crippen LogP contribution in [0.25, 0.3) is 17.1 Å². The molecule has 0 amide bonds. The fraction of sp³-hybridized carbons (Fsp3) is 0.308. The Hall–Kier alpha value is -2.35. The lowest BCUT2D eigenvalue weighted by Gasteiger charge is -2.20. The number of rotatable bonds is 2. The number of hydrogen-bond donors (Lipinski definition) is 1. The maximum Gasteiger partial charge on any atom is 0.227 e. The fourth-order valence-electron chi connectivity index (χ4n) is 1.58. The van der Waals surface area contributed by atoms with Crippen LogP contribution in [0, 0.1) is 11.3 Å². The summed E-state index contributed by atoms with van der Waals surface area (Å²) in [6.45, 7) is 5.87. The zero-order valence-electron chi connectivity index (χ0n) is 10.6. The van der Waals surface area contributed by atoms with E-state index in [1.54, 1.807) is 12.3 Å². The van der Waals surface area contributed by atoms with Crippen molar-refractivity contribution in [3.63, 3.8) is 0 Å². The smallest absolute Gasteiger partial charge is 0.227 e. The predicted octanol–water partition coefficient (Wildman–Crippen LogP) is 2.67. The Balaban J connectivity index is 2.56. The van der Waals surface area contributed by atoms with Gasteiger partial charge < -0.3 is 9.72 Å². The molecular weight excluding hydrogens is 228 g/mol. The first-order valence-corrected chi connectivity index (χ1v) is 5.58. The van der Waals surface area contributed by atoms with Gasteiger partial charge in [0.2, 0.25) is 5.88 Å². The third-order valence-electron chi connectivity index (χ3n) is 2.21. The molecular formula is C13H14N4O.